The number of carbonyl (C=O) groups excluding carboxylic acids is 1. The molecule has 5 heteroatoms. The van der Waals surface area contributed by atoms with Gasteiger partial charge in [0.2, 0.25) is 0 Å². The third-order valence-corrected chi connectivity index (χ3v) is 4.10. The summed E-state index contributed by atoms with van der Waals surface area (Å²) in [6, 6.07) is 5.54. The molecule has 20 heavy (non-hydrogen) atoms. The lowest BCUT2D eigenvalue weighted by Gasteiger charge is -2.31. The van der Waals surface area contributed by atoms with Gasteiger partial charge in [0.15, 0.2) is 0 Å². The molecule has 2 aromatic rings. The van der Waals surface area contributed by atoms with Crippen LogP contribution in [0.5, 0.6) is 0 Å². The molecule has 1 aromatic carbocycles. The monoisotopic (exact) mass is 273 g/mol. The highest BCUT2D eigenvalue weighted by molar-refractivity contribution is 6.07. The van der Waals surface area contributed by atoms with Gasteiger partial charge in [0.25, 0.3) is 5.91 Å². The van der Waals surface area contributed by atoms with Gasteiger partial charge in [-0.3, -0.25) is 4.79 Å². The predicted molar refractivity (Wildman–Crippen MR) is 78.4 cm³/mol. The number of carbonyl (C=O) groups is 1. The van der Waals surface area contributed by atoms with Crippen LogP contribution in [0.1, 0.15) is 23.2 Å². The normalized spacial score (nSPS) is 16.8. The number of likely N-dealkylation sites (tertiary alicyclic amines) is 1. The highest BCUT2D eigenvalue weighted by atomic mass is 16.3. The quantitative estimate of drug-likeness (QED) is 0.727. The summed E-state index contributed by atoms with van der Waals surface area (Å²) >= 11 is 0. The fourth-order valence-electron chi connectivity index (χ4n) is 2.80. The number of aromatic amines is 1. The van der Waals surface area contributed by atoms with Crippen molar-refractivity contribution < 1.29 is 9.90 Å². The van der Waals surface area contributed by atoms with E-state index in [0.29, 0.717) is 30.3 Å². The SMILES string of the molecule is Nc1ccc2[nH]cc(C(=O)N3CCC(CO)CC3)c2c1. The molecule has 2 heterocycles. The predicted octanol–water partition coefficient (Wildman–Crippen LogP) is 1.59. The van der Waals surface area contributed by atoms with E-state index in [1.165, 1.54) is 0 Å². The van der Waals surface area contributed by atoms with Crippen LogP contribution in [-0.2, 0) is 0 Å². The number of hydrogen-bond donors (Lipinski definition) is 3. The first kappa shape index (κ1) is 13.0. The van der Waals surface area contributed by atoms with E-state index in [4.69, 9.17) is 10.8 Å². The van der Waals surface area contributed by atoms with Crippen LogP contribution in [0, 0.1) is 5.92 Å². The minimum atomic E-state index is 0.0400. The molecule has 1 aliphatic rings. The molecule has 1 amide bonds. The third-order valence-electron chi connectivity index (χ3n) is 4.10. The van der Waals surface area contributed by atoms with Crippen molar-refractivity contribution in [2.24, 2.45) is 5.92 Å². The lowest BCUT2D eigenvalue weighted by atomic mass is 9.97. The van der Waals surface area contributed by atoms with Gasteiger partial charge in [-0.05, 0) is 37.0 Å². The Kier molecular flexibility index (Phi) is 3.36. The van der Waals surface area contributed by atoms with Gasteiger partial charge in [-0.15, -0.1) is 0 Å². The average molecular weight is 273 g/mol. The molecule has 1 saturated heterocycles. The fourth-order valence-corrected chi connectivity index (χ4v) is 2.80. The Hall–Kier alpha value is -2.01. The number of benzene rings is 1. The maximum Gasteiger partial charge on any atom is 0.256 e. The Labute approximate surface area is 117 Å². The zero-order valence-corrected chi connectivity index (χ0v) is 11.3. The maximum absolute atomic E-state index is 12.6. The molecule has 106 valence electrons. The number of aliphatic hydroxyl groups excluding tert-OH is 1. The fraction of sp³-hybridized carbons (Fsp3) is 0.400. The van der Waals surface area contributed by atoms with Crippen molar-refractivity contribution in [3.63, 3.8) is 0 Å². The van der Waals surface area contributed by atoms with E-state index in [9.17, 15) is 4.79 Å². The molecule has 1 fully saturated rings. The number of anilines is 1. The number of fused-ring (bicyclic) bond motifs is 1. The molecule has 0 atom stereocenters. The van der Waals surface area contributed by atoms with Crippen molar-refractivity contribution in [3.05, 3.63) is 30.0 Å². The van der Waals surface area contributed by atoms with Crippen molar-refractivity contribution in [2.45, 2.75) is 12.8 Å². The third kappa shape index (κ3) is 2.25. The highest BCUT2D eigenvalue weighted by Crippen LogP contribution is 2.24. The lowest BCUT2D eigenvalue weighted by Crippen LogP contribution is -2.39. The van der Waals surface area contributed by atoms with Crippen molar-refractivity contribution in [1.29, 1.82) is 0 Å². The van der Waals surface area contributed by atoms with E-state index < -0.39 is 0 Å². The molecule has 5 nitrogen and oxygen atoms in total. The number of nitrogens with zero attached hydrogens (tertiary/aromatic N) is 1. The van der Waals surface area contributed by atoms with Gasteiger partial charge in [-0.2, -0.15) is 0 Å². The summed E-state index contributed by atoms with van der Waals surface area (Å²) in [5.74, 6) is 0.371. The van der Waals surface area contributed by atoms with Gasteiger partial charge in [0.1, 0.15) is 0 Å². The minimum Gasteiger partial charge on any atom is -0.399 e. The van der Waals surface area contributed by atoms with Crippen LogP contribution in [-0.4, -0.2) is 40.6 Å². The van der Waals surface area contributed by atoms with E-state index in [1.54, 1.807) is 6.20 Å². The van der Waals surface area contributed by atoms with Crippen molar-refractivity contribution in [3.8, 4) is 0 Å². The Balaban J connectivity index is 1.84. The number of rotatable bonds is 2. The molecule has 0 saturated carbocycles. The van der Waals surface area contributed by atoms with E-state index in [1.807, 2.05) is 23.1 Å². The summed E-state index contributed by atoms with van der Waals surface area (Å²) in [6.07, 6.45) is 3.49. The standard InChI is InChI=1S/C15H19N3O2/c16-11-1-2-14-12(7-11)13(8-17-14)15(20)18-5-3-10(9-19)4-6-18/h1-2,7-8,10,17,19H,3-6,9,16H2. The second-order valence-corrected chi connectivity index (χ2v) is 5.43. The van der Waals surface area contributed by atoms with Crippen LogP contribution in [0.2, 0.25) is 0 Å². The van der Waals surface area contributed by atoms with Crippen LogP contribution in [0.25, 0.3) is 10.9 Å². The number of aromatic nitrogens is 1. The molecule has 1 aromatic heterocycles. The Morgan fingerprint density at radius 3 is 2.85 bits per heavy atom. The molecular formula is C15H19N3O2. The molecule has 0 aliphatic carbocycles. The Morgan fingerprint density at radius 2 is 2.15 bits per heavy atom. The highest BCUT2D eigenvalue weighted by Gasteiger charge is 2.24. The number of hydrogen-bond acceptors (Lipinski definition) is 3. The largest absolute Gasteiger partial charge is 0.399 e. The topological polar surface area (TPSA) is 82.4 Å². The average Bonchev–Trinajstić information content (AvgIpc) is 2.89. The molecule has 0 bridgehead atoms. The maximum atomic E-state index is 12.6. The number of nitrogen functional groups attached to an aromatic ring is 1. The van der Waals surface area contributed by atoms with Gasteiger partial charge < -0.3 is 20.7 Å². The van der Waals surface area contributed by atoms with Gasteiger partial charge in [-0.1, -0.05) is 0 Å². The molecule has 0 radical (unpaired) electrons. The number of amides is 1. The molecular weight excluding hydrogens is 254 g/mol. The summed E-state index contributed by atoms with van der Waals surface area (Å²) in [6.45, 7) is 1.63. The summed E-state index contributed by atoms with van der Waals surface area (Å²) < 4.78 is 0. The Bertz CT molecular complexity index is 627. The number of aliphatic hydroxyl groups is 1. The minimum absolute atomic E-state index is 0.0400. The van der Waals surface area contributed by atoms with Crippen molar-refractivity contribution in [2.75, 3.05) is 25.4 Å². The smallest absolute Gasteiger partial charge is 0.256 e. The van der Waals surface area contributed by atoms with Crippen molar-refractivity contribution in [1.82, 2.24) is 9.88 Å². The van der Waals surface area contributed by atoms with E-state index in [0.717, 1.165) is 23.7 Å². The lowest BCUT2D eigenvalue weighted by molar-refractivity contribution is 0.0653. The van der Waals surface area contributed by atoms with Crippen LogP contribution >= 0.6 is 0 Å². The van der Waals surface area contributed by atoms with Crippen LogP contribution in [0.4, 0.5) is 5.69 Å². The van der Waals surface area contributed by atoms with Gasteiger partial charge in [0, 0.05) is 42.5 Å². The number of H-pyrrole nitrogens is 1. The van der Waals surface area contributed by atoms with Crippen LogP contribution < -0.4 is 5.73 Å². The summed E-state index contributed by atoms with van der Waals surface area (Å²) in [4.78, 5) is 17.6. The summed E-state index contributed by atoms with van der Waals surface area (Å²) in [7, 11) is 0. The zero-order chi connectivity index (χ0) is 14.1. The first-order chi connectivity index (χ1) is 9.69. The molecule has 4 N–H and O–H groups in total. The van der Waals surface area contributed by atoms with Gasteiger partial charge >= 0.3 is 0 Å². The van der Waals surface area contributed by atoms with E-state index >= 15 is 0 Å². The van der Waals surface area contributed by atoms with E-state index in [-0.39, 0.29) is 12.5 Å². The first-order valence-corrected chi connectivity index (χ1v) is 6.96. The second-order valence-electron chi connectivity index (χ2n) is 5.43. The van der Waals surface area contributed by atoms with Gasteiger partial charge in [0.05, 0.1) is 5.56 Å². The van der Waals surface area contributed by atoms with Crippen molar-refractivity contribution >= 4 is 22.5 Å². The molecule has 1 aliphatic heterocycles. The first-order valence-electron chi connectivity index (χ1n) is 6.96. The zero-order valence-electron chi connectivity index (χ0n) is 11.3. The Morgan fingerprint density at radius 1 is 1.40 bits per heavy atom. The van der Waals surface area contributed by atoms with Gasteiger partial charge in [-0.25, -0.2) is 0 Å². The molecule has 3 rings (SSSR count). The number of piperidine rings is 1. The second kappa shape index (κ2) is 5.17. The number of nitrogens with two attached hydrogens (primary N) is 1. The number of nitrogens with one attached hydrogen (secondary N) is 1. The van der Waals surface area contributed by atoms with E-state index in [2.05, 4.69) is 4.98 Å². The summed E-state index contributed by atoms with van der Waals surface area (Å²) in [5.41, 5.74) is 8.06. The molecule has 0 spiro atoms. The van der Waals surface area contributed by atoms with Crippen LogP contribution in [0.15, 0.2) is 24.4 Å². The van der Waals surface area contributed by atoms with Crippen LogP contribution in [0.3, 0.4) is 0 Å². The summed E-state index contributed by atoms with van der Waals surface area (Å²) in [5, 5.41) is 10.0. The molecule has 0 unspecified atom stereocenters.